The summed E-state index contributed by atoms with van der Waals surface area (Å²) >= 11 is 1.21. The van der Waals surface area contributed by atoms with Crippen LogP contribution in [0.3, 0.4) is 0 Å². The molecule has 5 rings (SSSR count). The zero-order valence-electron chi connectivity index (χ0n) is 20.5. The Hall–Kier alpha value is -4.24. The van der Waals surface area contributed by atoms with Gasteiger partial charge in [-0.1, -0.05) is 60.3 Å². The van der Waals surface area contributed by atoms with Gasteiger partial charge in [0.15, 0.2) is 16.7 Å². The molecule has 0 spiro atoms. The molecule has 37 heavy (non-hydrogen) atoms. The lowest BCUT2D eigenvalue weighted by Gasteiger charge is -2.14. The fourth-order valence-corrected chi connectivity index (χ4v) is 5.04. The molecule has 0 saturated heterocycles. The highest BCUT2D eigenvalue weighted by atomic mass is 32.2. The molecule has 188 valence electrons. The van der Waals surface area contributed by atoms with Crippen molar-refractivity contribution in [1.82, 2.24) is 19.9 Å². The summed E-state index contributed by atoms with van der Waals surface area (Å²) in [4.78, 5) is 34.5. The highest BCUT2D eigenvalue weighted by Gasteiger charge is 2.19. The van der Waals surface area contributed by atoms with E-state index >= 15 is 0 Å². The number of aromatic nitrogens is 3. The number of fused-ring (bicyclic) bond motifs is 3. The van der Waals surface area contributed by atoms with Crippen molar-refractivity contribution in [3.8, 4) is 17.2 Å². The first kappa shape index (κ1) is 24.5. The van der Waals surface area contributed by atoms with Gasteiger partial charge in [-0.3, -0.25) is 14.2 Å². The molecule has 0 aliphatic carbocycles. The highest BCUT2D eigenvalue weighted by molar-refractivity contribution is 7.99. The van der Waals surface area contributed by atoms with Gasteiger partial charge in [-0.05, 0) is 30.2 Å². The Morgan fingerprint density at radius 3 is 2.54 bits per heavy atom. The molecule has 2 heterocycles. The molecule has 2 aromatic heterocycles. The van der Waals surface area contributed by atoms with Gasteiger partial charge in [0.05, 0.1) is 25.7 Å². The number of H-pyrrole nitrogens is 1. The van der Waals surface area contributed by atoms with Crippen LogP contribution in [0.25, 0.3) is 27.6 Å². The maximum atomic E-state index is 13.8. The zero-order valence-corrected chi connectivity index (χ0v) is 21.3. The third kappa shape index (κ3) is 5.03. The number of nitrogens with zero attached hydrogens (tertiary/aromatic N) is 2. The number of thioether (sulfide) groups is 1. The maximum absolute atomic E-state index is 13.8. The Morgan fingerprint density at radius 2 is 1.76 bits per heavy atom. The lowest BCUT2D eigenvalue weighted by atomic mass is 10.1. The summed E-state index contributed by atoms with van der Waals surface area (Å²) in [6.45, 7) is 0.529. The number of carbonyl (C=O) groups excluding carboxylic acids is 1. The van der Waals surface area contributed by atoms with E-state index in [1.807, 2.05) is 54.6 Å². The maximum Gasteiger partial charge on any atom is 0.283 e. The zero-order chi connectivity index (χ0) is 25.8. The molecular formula is C28H26N4O4S. The Kier molecular flexibility index (Phi) is 7.14. The van der Waals surface area contributed by atoms with Crippen LogP contribution in [-0.4, -0.2) is 47.0 Å². The summed E-state index contributed by atoms with van der Waals surface area (Å²) in [5, 5.41) is 4.21. The second-order valence-electron chi connectivity index (χ2n) is 8.34. The van der Waals surface area contributed by atoms with E-state index in [-0.39, 0.29) is 17.2 Å². The van der Waals surface area contributed by atoms with Crippen LogP contribution in [-0.2, 0) is 11.2 Å². The van der Waals surface area contributed by atoms with E-state index in [4.69, 9.17) is 14.5 Å². The van der Waals surface area contributed by atoms with Gasteiger partial charge < -0.3 is 19.8 Å². The van der Waals surface area contributed by atoms with E-state index in [0.29, 0.717) is 39.9 Å². The average Bonchev–Trinajstić information content (AvgIpc) is 3.31. The van der Waals surface area contributed by atoms with E-state index in [2.05, 4.69) is 10.3 Å². The van der Waals surface area contributed by atoms with Crippen molar-refractivity contribution in [3.05, 3.63) is 88.7 Å². The molecule has 9 heteroatoms. The van der Waals surface area contributed by atoms with Crippen molar-refractivity contribution in [2.24, 2.45) is 0 Å². The predicted molar refractivity (Wildman–Crippen MR) is 146 cm³/mol. The number of aromatic amines is 1. The minimum atomic E-state index is -0.264. The van der Waals surface area contributed by atoms with Crippen LogP contribution in [0.5, 0.6) is 11.5 Å². The van der Waals surface area contributed by atoms with Crippen molar-refractivity contribution in [2.75, 3.05) is 26.5 Å². The van der Waals surface area contributed by atoms with Crippen LogP contribution in [0.2, 0.25) is 0 Å². The lowest BCUT2D eigenvalue weighted by Crippen LogP contribution is -2.28. The van der Waals surface area contributed by atoms with E-state index in [1.54, 1.807) is 32.4 Å². The number of hydrogen-bond acceptors (Lipinski definition) is 6. The normalized spacial score (nSPS) is 11.1. The number of hydrogen-bond donors (Lipinski definition) is 2. The van der Waals surface area contributed by atoms with Gasteiger partial charge in [0.1, 0.15) is 11.0 Å². The summed E-state index contributed by atoms with van der Waals surface area (Å²) in [5.41, 5.74) is 3.24. The molecule has 0 aliphatic rings. The van der Waals surface area contributed by atoms with Crippen molar-refractivity contribution in [1.29, 1.82) is 0 Å². The molecule has 0 saturated carbocycles. The predicted octanol–water partition coefficient (Wildman–Crippen LogP) is 4.34. The summed E-state index contributed by atoms with van der Waals surface area (Å²) in [6, 6.07) is 22.9. The molecule has 1 amide bonds. The molecule has 8 nitrogen and oxygen atoms in total. The minimum Gasteiger partial charge on any atom is -0.493 e. The second-order valence-corrected chi connectivity index (χ2v) is 9.29. The standard InChI is InChI=1S/C28H26N4O4S/c1-35-22-13-12-19(16-23(22)36-2)32-27(34)26-25(20-10-6-7-11-21(20)30-26)31-28(32)37-17-24(33)29-15-14-18-8-4-3-5-9-18/h3-13,16,30H,14-15,17H2,1-2H3,(H,29,33). The number of carbonyl (C=O) groups is 1. The summed E-state index contributed by atoms with van der Waals surface area (Å²) in [7, 11) is 3.10. The van der Waals surface area contributed by atoms with Crippen LogP contribution < -0.4 is 20.3 Å². The quantitative estimate of drug-likeness (QED) is 0.224. The first-order valence-corrected chi connectivity index (χ1v) is 12.8. The van der Waals surface area contributed by atoms with E-state index < -0.39 is 0 Å². The molecule has 5 aromatic rings. The third-order valence-corrected chi connectivity index (χ3v) is 6.97. The van der Waals surface area contributed by atoms with Gasteiger partial charge in [-0.15, -0.1) is 0 Å². The monoisotopic (exact) mass is 514 g/mol. The highest BCUT2D eigenvalue weighted by Crippen LogP contribution is 2.31. The number of methoxy groups -OCH3 is 2. The topological polar surface area (TPSA) is 98.2 Å². The van der Waals surface area contributed by atoms with Crippen molar-refractivity contribution >= 4 is 39.6 Å². The number of benzene rings is 3. The van der Waals surface area contributed by atoms with E-state index in [9.17, 15) is 9.59 Å². The van der Waals surface area contributed by atoms with Crippen LogP contribution in [0.1, 0.15) is 5.56 Å². The van der Waals surface area contributed by atoms with Crippen LogP contribution in [0, 0.1) is 0 Å². The van der Waals surface area contributed by atoms with E-state index in [1.165, 1.54) is 16.3 Å². The molecule has 0 atom stereocenters. The molecule has 0 radical (unpaired) electrons. The average molecular weight is 515 g/mol. The van der Waals surface area contributed by atoms with Crippen LogP contribution in [0.15, 0.2) is 82.7 Å². The molecule has 2 N–H and O–H groups in total. The van der Waals surface area contributed by atoms with Crippen molar-refractivity contribution < 1.29 is 14.3 Å². The minimum absolute atomic E-state index is 0.113. The SMILES string of the molecule is COc1ccc(-n2c(SCC(=O)NCCc3ccccc3)nc3c([nH]c4ccccc43)c2=O)cc1OC. The fourth-order valence-electron chi connectivity index (χ4n) is 4.20. The molecule has 0 bridgehead atoms. The summed E-state index contributed by atoms with van der Waals surface area (Å²) in [6.07, 6.45) is 0.743. The van der Waals surface area contributed by atoms with Gasteiger partial charge in [0, 0.05) is 23.5 Å². The molecule has 3 aromatic carbocycles. The Balaban J connectivity index is 1.48. The van der Waals surface area contributed by atoms with Gasteiger partial charge >= 0.3 is 0 Å². The largest absolute Gasteiger partial charge is 0.493 e. The first-order valence-electron chi connectivity index (χ1n) is 11.8. The fraction of sp³-hybridized carbons (Fsp3) is 0.179. The van der Waals surface area contributed by atoms with Gasteiger partial charge in [-0.2, -0.15) is 0 Å². The Labute approximate surface area is 217 Å². The van der Waals surface area contributed by atoms with Crippen LogP contribution in [0.4, 0.5) is 0 Å². The smallest absolute Gasteiger partial charge is 0.283 e. The summed E-state index contributed by atoms with van der Waals surface area (Å²) < 4.78 is 12.3. The first-order chi connectivity index (χ1) is 18.1. The number of amides is 1. The number of ether oxygens (including phenoxy) is 2. The van der Waals surface area contributed by atoms with Crippen molar-refractivity contribution in [2.45, 2.75) is 11.6 Å². The Morgan fingerprint density at radius 1 is 1.00 bits per heavy atom. The summed E-state index contributed by atoms with van der Waals surface area (Å²) in [5.74, 6) is 1.01. The molecule has 0 fully saturated rings. The van der Waals surface area contributed by atoms with Gasteiger partial charge in [0.25, 0.3) is 5.56 Å². The molecule has 0 unspecified atom stereocenters. The second kappa shape index (κ2) is 10.8. The van der Waals surface area contributed by atoms with Gasteiger partial charge in [0.2, 0.25) is 5.91 Å². The van der Waals surface area contributed by atoms with Gasteiger partial charge in [-0.25, -0.2) is 4.98 Å². The number of para-hydroxylation sites is 1. The number of nitrogens with one attached hydrogen (secondary N) is 2. The molecule has 0 aliphatic heterocycles. The van der Waals surface area contributed by atoms with E-state index in [0.717, 1.165) is 22.9 Å². The molecular weight excluding hydrogens is 488 g/mol. The Bertz CT molecular complexity index is 1630. The van der Waals surface area contributed by atoms with Crippen molar-refractivity contribution in [3.63, 3.8) is 0 Å². The lowest BCUT2D eigenvalue weighted by molar-refractivity contribution is -0.118. The third-order valence-electron chi connectivity index (χ3n) is 6.03. The number of rotatable bonds is 9. The van der Waals surface area contributed by atoms with Crippen LogP contribution >= 0.6 is 11.8 Å².